The number of rotatable bonds is 5. The summed E-state index contributed by atoms with van der Waals surface area (Å²) in [5, 5.41) is 6.73. The van der Waals surface area contributed by atoms with Crippen molar-refractivity contribution in [1.29, 1.82) is 0 Å². The minimum Gasteiger partial charge on any atom is -0.466 e. The van der Waals surface area contributed by atoms with Crippen LogP contribution in [0.4, 0.5) is 5.69 Å². The first-order valence-corrected chi connectivity index (χ1v) is 9.75. The first kappa shape index (κ1) is 21.9. The molecule has 1 heterocycles. The molecule has 0 saturated carbocycles. The SMILES string of the molecule is CCN1C(=S)NC(c2cccc(NC(=O)CC(C)(C)C)c2)C(C(=O)OC)=C1C. The van der Waals surface area contributed by atoms with Crippen molar-refractivity contribution in [2.45, 2.75) is 47.1 Å². The van der Waals surface area contributed by atoms with E-state index in [9.17, 15) is 9.59 Å². The van der Waals surface area contributed by atoms with E-state index in [2.05, 4.69) is 10.6 Å². The van der Waals surface area contributed by atoms with Crippen LogP contribution in [-0.2, 0) is 14.3 Å². The lowest BCUT2D eigenvalue weighted by molar-refractivity contribution is -0.136. The molecule has 28 heavy (non-hydrogen) atoms. The molecular weight excluding hydrogens is 374 g/mol. The van der Waals surface area contributed by atoms with Gasteiger partial charge in [-0.15, -0.1) is 0 Å². The van der Waals surface area contributed by atoms with E-state index in [0.717, 1.165) is 11.3 Å². The zero-order valence-corrected chi connectivity index (χ0v) is 18.2. The number of methoxy groups -OCH3 is 1. The molecule has 0 fully saturated rings. The lowest BCUT2D eigenvalue weighted by Gasteiger charge is -2.37. The van der Waals surface area contributed by atoms with Crippen LogP contribution in [-0.4, -0.2) is 35.5 Å². The summed E-state index contributed by atoms with van der Waals surface area (Å²) < 4.78 is 5.01. The molecule has 152 valence electrons. The fraction of sp³-hybridized carbons (Fsp3) is 0.476. The van der Waals surface area contributed by atoms with E-state index in [0.29, 0.717) is 29.3 Å². The Labute approximate surface area is 172 Å². The Balaban J connectivity index is 2.37. The van der Waals surface area contributed by atoms with E-state index in [1.807, 2.05) is 63.8 Å². The molecule has 0 bridgehead atoms. The molecule has 1 aromatic carbocycles. The topological polar surface area (TPSA) is 70.7 Å². The molecule has 0 aliphatic carbocycles. The number of carbonyl (C=O) groups is 2. The third-order valence-corrected chi connectivity index (χ3v) is 4.85. The zero-order valence-electron chi connectivity index (χ0n) is 17.4. The van der Waals surface area contributed by atoms with E-state index in [1.165, 1.54) is 7.11 Å². The highest BCUT2D eigenvalue weighted by Gasteiger charge is 2.34. The van der Waals surface area contributed by atoms with Gasteiger partial charge in [-0.1, -0.05) is 32.9 Å². The predicted octanol–water partition coefficient (Wildman–Crippen LogP) is 3.76. The molecule has 7 heteroatoms. The first-order valence-electron chi connectivity index (χ1n) is 9.34. The highest BCUT2D eigenvalue weighted by molar-refractivity contribution is 7.80. The van der Waals surface area contributed by atoms with Gasteiger partial charge in [-0.05, 0) is 49.2 Å². The lowest BCUT2D eigenvalue weighted by Crippen LogP contribution is -2.47. The number of anilines is 1. The van der Waals surface area contributed by atoms with Gasteiger partial charge in [0.1, 0.15) is 0 Å². The molecule has 1 aliphatic heterocycles. The second-order valence-electron chi connectivity index (χ2n) is 8.03. The highest BCUT2D eigenvalue weighted by Crippen LogP contribution is 2.32. The fourth-order valence-electron chi connectivity index (χ4n) is 3.27. The van der Waals surface area contributed by atoms with Crippen molar-refractivity contribution in [3.8, 4) is 0 Å². The van der Waals surface area contributed by atoms with Crippen LogP contribution in [0.2, 0.25) is 0 Å². The van der Waals surface area contributed by atoms with Gasteiger partial charge in [0, 0.05) is 24.4 Å². The smallest absolute Gasteiger partial charge is 0.337 e. The molecule has 2 rings (SSSR count). The maximum absolute atomic E-state index is 12.5. The van der Waals surface area contributed by atoms with E-state index in [1.54, 1.807) is 0 Å². The summed E-state index contributed by atoms with van der Waals surface area (Å²) in [6.07, 6.45) is 0.418. The molecule has 0 aromatic heterocycles. The molecule has 1 atom stereocenters. The summed E-state index contributed by atoms with van der Waals surface area (Å²) in [6, 6.07) is 7.00. The summed E-state index contributed by atoms with van der Waals surface area (Å²) in [7, 11) is 1.37. The average molecular weight is 404 g/mol. The number of carbonyl (C=O) groups excluding carboxylic acids is 2. The third-order valence-electron chi connectivity index (χ3n) is 4.51. The molecule has 6 nitrogen and oxygen atoms in total. The van der Waals surface area contributed by atoms with Gasteiger partial charge in [-0.3, -0.25) is 4.79 Å². The van der Waals surface area contributed by atoms with E-state index in [4.69, 9.17) is 17.0 Å². The molecule has 1 amide bonds. The number of amides is 1. The number of esters is 1. The van der Waals surface area contributed by atoms with Gasteiger partial charge in [0.2, 0.25) is 5.91 Å². The van der Waals surface area contributed by atoms with Crippen molar-refractivity contribution in [3.05, 3.63) is 41.1 Å². The van der Waals surface area contributed by atoms with Gasteiger partial charge in [0.25, 0.3) is 0 Å². The van der Waals surface area contributed by atoms with E-state index >= 15 is 0 Å². The van der Waals surface area contributed by atoms with E-state index < -0.39 is 12.0 Å². The molecule has 1 aromatic rings. The Hall–Kier alpha value is -2.41. The van der Waals surface area contributed by atoms with Gasteiger partial charge in [-0.2, -0.15) is 0 Å². The molecule has 2 N–H and O–H groups in total. The number of ether oxygens (including phenoxy) is 1. The predicted molar refractivity (Wildman–Crippen MR) is 115 cm³/mol. The fourth-order valence-corrected chi connectivity index (χ4v) is 3.65. The summed E-state index contributed by atoms with van der Waals surface area (Å²) in [6.45, 7) is 10.5. The van der Waals surface area contributed by atoms with Crippen LogP contribution in [0.1, 0.15) is 52.6 Å². The minimum absolute atomic E-state index is 0.0474. The average Bonchev–Trinajstić information content (AvgIpc) is 2.59. The largest absolute Gasteiger partial charge is 0.466 e. The minimum atomic E-state index is -0.442. The quantitative estimate of drug-likeness (QED) is 0.576. The number of nitrogens with zero attached hydrogens (tertiary/aromatic N) is 1. The van der Waals surface area contributed by atoms with Crippen LogP contribution in [0.15, 0.2) is 35.5 Å². The third kappa shape index (κ3) is 5.10. The number of hydrogen-bond donors (Lipinski definition) is 2. The van der Waals surface area contributed by atoms with Crippen molar-refractivity contribution < 1.29 is 14.3 Å². The maximum atomic E-state index is 12.5. The summed E-state index contributed by atoms with van der Waals surface area (Å²) in [5.41, 5.74) is 2.69. The van der Waals surface area contributed by atoms with Crippen LogP contribution >= 0.6 is 12.2 Å². The van der Waals surface area contributed by atoms with Crippen molar-refractivity contribution in [2.24, 2.45) is 5.41 Å². The first-order chi connectivity index (χ1) is 13.1. The monoisotopic (exact) mass is 403 g/mol. The van der Waals surface area contributed by atoms with Gasteiger partial charge < -0.3 is 20.3 Å². The maximum Gasteiger partial charge on any atom is 0.337 e. The molecule has 1 aliphatic rings. The Kier molecular flexibility index (Phi) is 6.82. The normalized spacial score (nSPS) is 17.3. The van der Waals surface area contributed by atoms with Crippen LogP contribution in [0.3, 0.4) is 0 Å². The van der Waals surface area contributed by atoms with E-state index in [-0.39, 0.29) is 11.3 Å². The van der Waals surface area contributed by atoms with Crippen molar-refractivity contribution in [3.63, 3.8) is 0 Å². The molecular formula is C21H29N3O3S. The van der Waals surface area contributed by atoms with Crippen LogP contribution in [0, 0.1) is 5.41 Å². The number of nitrogens with one attached hydrogen (secondary N) is 2. The highest BCUT2D eigenvalue weighted by atomic mass is 32.1. The Bertz CT molecular complexity index is 811. The van der Waals surface area contributed by atoms with Gasteiger partial charge >= 0.3 is 5.97 Å². The Morgan fingerprint density at radius 2 is 2.00 bits per heavy atom. The second-order valence-corrected chi connectivity index (χ2v) is 8.42. The van der Waals surface area contributed by atoms with Crippen molar-refractivity contribution in [2.75, 3.05) is 19.0 Å². The van der Waals surface area contributed by atoms with Crippen LogP contribution in [0.5, 0.6) is 0 Å². The van der Waals surface area contributed by atoms with Gasteiger partial charge in [0.15, 0.2) is 5.11 Å². The molecule has 1 unspecified atom stereocenters. The van der Waals surface area contributed by atoms with Crippen LogP contribution < -0.4 is 10.6 Å². The van der Waals surface area contributed by atoms with Gasteiger partial charge in [-0.25, -0.2) is 4.79 Å². The van der Waals surface area contributed by atoms with Crippen LogP contribution in [0.25, 0.3) is 0 Å². The Morgan fingerprint density at radius 1 is 1.32 bits per heavy atom. The summed E-state index contributed by atoms with van der Waals surface area (Å²) in [5.74, 6) is -0.452. The number of thiocarbonyl (C=S) groups is 1. The number of allylic oxidation sites excluding steroid dienone is 1. The van der Waals surface area contributed by atoms with Gasteiger partial charge in [0.05, 0.1) is 18.7 Å². The zero-order chi connectivity index (χ0) is 21.1. The summed E-state index contributed by atoms with van der Waals surface area (Å²) in [4.78, 5) is 26.6. The summed E-state index contributed by atoms with van der Waals surface area (Å²) >= 11 is 5.48. The molecule has 0 saturated heterocycles. The Morgan fingerprint density at radius 3 is 2.57 bits per heavy atom. The van der Waals surface area contributed by atoms with Crippen molar-refractivity contribution >= 4 is 34.9 Å². The molecule has 0 spiro atoms. The number of hydrogen-bond acceptors (Lipinski definition) is 4. The van der Waals surface area contributed by atoms with Crippen molar-refractivity contribution in [1.82, 2.24) is 10.2 Å². The second kappa shape index (κ2) is 8.73. The molecule has 0 radical (unpaired) electrons. The standard InChI is InChI=1S/C21H29N3O3S/c1-7-24-13(2)17(19(26)27-6)18(23-20(24)28)14-9-8-10-15(11-14)22-16(25)12-21(3,4)5/h8-11,18H,7,12H2,1-6H3,(H,22,25)(H,23,28). The number of benzene rings is 1. The lowest BCUT2D eigenvalue weighted by atomic mass is 9.92.